The second-order valence-corrected chi connectivity index (χ2v) is 8.43. The number of ether oxygens (including phenoxy) is 1. The molecule has 0 saturated carbocycles. The SMILES string of the molecule is C=CC(=O)N1CCN(c2ncnc3c(F)c(-c4c(OC)ccc5ccccc45)c(Cl)cc23)CC1. The van der Waals surface area contributed by atoms with Gasteiger partial charge in [-0.3, -0.25) is 4.79 Å². The molecule has 0 radical (unpaired) electrons. The summed E-state index contributed by atoms with van der Waals surface area (Å²) in [7, 11) is 1.55. The molecule has 1 aromatic heterocycles. The highest BCUT2D eigenvalue weighted by Crippen LogP contribution is 2.44. The van der Waals surface area contributed by atoms with Gasteiger partial charge in [-0.05, 0) is 29.0 Å². The number of benzene rings is 3. The molecule has 34 heavy (non-hydrogen) atoms. The Morgan fingerprint density at radius 2 is 1.85 bits per heavy atom. The minimum absolute atomic E-state index is 0.102. The normalized spacial score (nSPS) is 14.0. The quantitative estimate of drug-likeness (QED) is 0.384. The van der Waals surface area contributed by atoms with Crippen LogP contribution in [0, 0.1) is 5.82 Å². The first-order valence-electron chi connectivity index (χ1n) is 10.9. The van der Waals surface area contributed by atoms with E-state index in [1.165, 1.54) is 12.4 Å². The first-order chi connectivity index (χ1) is 16.5. The number of hydrogen-bond acceptors (Lipinski definition) is 5. The maximum atomic E-state index is 16.1. The number of carbonyl (C=O) groups is 1. The van der Waals surface area contributed by atoms with Crippen LogP contribution in [0.2, 0.25) is 5.02 Å². The van der Waals surface area contributed by atoms with E-state index in [4.69, 9.17) is 16.3 Å². The molecule has 0 N–H and O–H groups in total. The van der Waals surface area contributed by atoms with Gasteiger partial charge in [0.2, 0.25) is 5.91 Å². The second kappa shape index (κ2) is 8.91. The Bertz CT molecular complexity index is 1430. The van der Waals surface area contributed by atoms with E-state index in [0.717, 1.165) is 10.8 Å². The Morgan fingerprint density at radius 3 is 2.59 bits per heavy atom. The fourth-order valence-corrected chi connectivity index (χ4v) is 4.83. The smallest absolute Gasteiger partial charge is 0.246 e. The van der Waals surface area contributed by atoms with Gasteiger partial charge in [-0.2, -0.15) is 0 Å². The van der Waals surface area contributed by atoms with Crippen molar-refractivity contribution in [1.82, 2.24) is 14.9 Å². The number of piperazine rings is 1. The summed E-state index contributed by atoms with van der Waals surface area (Å²) in [4.78, 5) is 24.4. The van der Waals surface area contributed by atoms with Gasteiger partial charge in [-0.1, -0.05) is 48.5 Å². The summed E-state index contributed by atoms with van der Waals surface area (Å²) >= 11 is 6.73. The van der Waals surface area contributed by atoms with E-state index in [0.29, 0.717) is 48.7 Å². The van der Waals surface area contributed by atoms with Crippen molar-refractivity contribution >= 4 is 45.0 Å². The van der Waals surface area contributed by atoms with Gasteiger partial charge in [0.15, 0.2) is 5.82 Å². The maximum absolute atomic E-state index is 16.1. The van der Waals surface area contributed by atoms with Crippen molar-refractivity contribution in [2.75, 3.05) is 38.2 Å². The number of hydrogen-bond donors (Lipinski definition) is 0. The monoisotopic (exact) mass is 476 g/mol. The van der Waals surface area contributed by atoms with Crippen LogP contribution in [-0.4, -0.2) is 54.1 Å². The average Bonchev–Trinajstić information content (AvgIpc) is 2.88. The first-order valence-corrected chi connectivity index (χ1v) is 11.3. The average molecular weight is 477 g/mol. The van der Waals surface area contributed by atoms with E-state index in [1.807, 2.05) is 41.3 Å². The minimum Gasteiger partial charge on any atom is -0.496 e. The largest absolute Gasteiger partial charge is 0.496 e. The number of nitrogens with zero attached hydrogens (tertiary/aromatic N) is 4. The molecule has 1 amide bonds. The molecular formula is C26H22ClFN4O2. The molecule has 0 atom stereocenters. The molecule has 1 aliphatic rings. The fourth-order valence-electron chi connectivity index (χ4n) is 4.54. The summed E-state index contributed by atoms with van der Waals surface area (Å²) in [5, 5.41) is 2.55. The lowest BCUT2D eigenvalue weighted by Crippen LogP contribution is -2.48. The van der Waals surface area contributed by atoms with E-state index in [-0.39, 0.29) is 22.0 Å². The third kappa shape index (κ3) is 3.62. The van der Waals surface area contributed by atoms with Crippen LogP contribution >= 0.6 is 11.6 Å². The van der Waals surface area contributed by atoms with Crippen molar-refractivity contribution in [2.24, 2.45) is 0 Å². The van der Waals surface area contributed by atoms with Gasteiger partial charge >= 0.3 is 0 Å². The Morgan fingerprint density at radius 1 is 1.09 bits per heavy atom. The minimum atomic E-state index is -0.527. The van der Waals surface area contributed by atoms with Crippen LogP contribution in [-0.2, 0) is 4.79 Å². The van der Waals surface area contributed by atoms with Crippen LogP contribution in [0.4, 0.5) is 10.2 Å². The van der Waals surface area contributed by atoms with Crippen molar-refractivity contribution in [3.8, 4) is 16.9 Å². The van der Waals surface area contributed by atoms with Crippen molar-refractivity contribution in [1.29, 1.82) is 0 Å². The van der Waals surface area contributed by atoms with Crippen LogP contribution in [0.3, 0.4) is 0 Å². The fraction of sp³-hybridized carbons (Fsp3) is 0.192. The molecule has 6 nitrogen and oxygen atoms in total. The molecule has 0 aliphatic carbocycles. The molecule has 8 heteroatoms. The Balaban J connectivity index is 1.65. The topological polar surface area (TPSA) is 58.6 Å². The molecule has 0 spiro atoms. The lowest BCUT2D eigenvalue weighted by molar-refractivity contribution is -0.126. The van der Waals surface area contributed by atoms with Gasteiger partial charge < -0.3 is 14.5 Å². The van der Waals surface area contributed by atoms with E-state index in [9.17, 15) is 4.79 Å². The third-order valence-electron chi connectivity index (χ3n) is 6.23. The lowest BCUT2D eigenvalue weighted by atomic mass is 9.95. The van der Waals surface area contributed by atoms with Crippen LogP contribution in [0.5, 0.6) is 5.75 Å². The van der Waals surface area contributed by atoms with Gasteiger partial charge in [0, 0.05) is 42.7 Å². The van der Waals surface area contributed by atoms with E-state index in [1.54, 1.807) is 18.1 Å². The predicted molar refractivity (Wildman–Crippen MR) is 133 cm³/mol. The number of rotatable bonds is 4. The summed E-state index contributed by atoms with van der Waals surface area (Å²) in [6.45, 7) is 5.72. The summed E-state index contributed by atoms with van der Waals surface area (Å²) in [6.07, 6.45) is 2.67. The zero-order chi connectivity index (χ0) is 23.8. The van der Waals surface area contributed by atoms with E-state index in [2.05, 4.69) is 16.5 Å². The Kier molecular flexibility index (Phi) is 5.79. The summed E-state index contributed by atoms with van der Waals surface area (Å²) in [5.41, 5.74) is 1.01. The third-order valence-corrected chi connectivity index (χ3v) is 6.52. The second-order valence-electron chi connectivity index (χ2n) is 8.02. The Labute approximate surface area is 201 Å². The summed E-state index contributed by atoms with van der Waals surface area (Å²) in [6, 6.07) is 13.2. The summed E-state index contributed by atoms with van der Waals surface area (Å²) < 4.78 is 21.7. The number of amides is 1. The van der Waals surface area contributed by atoms with E-state index >= 15 is 4.39 Å². The highest BCUT2D eigenvalue weighted by Gasteiger charge is 2.26. The molecule has 3 aromatic carbocycles. The standard InChI is InChI=1S/C26H22ClFN4O2/c1-3-21(33)31-10-12-32(13-11-31)26-18-14-19(27)23(24(28)25(18)29-15-30-26)22-17-7-5-4-6-16(17)8-9-20(22)34-2/h3-9,14-15H,1,10-13H2,2H3. The number of halogens is 2. The van der Waals surface area contributed by atoms with Gasteiger partial charge in [0.05, 0.1) is 12.1 Å². The van der Waals surface area contributed by atoms with Crippen LogP contribution in [0.15, 0.2) is 61.4 Å². The number of anilines is 1. The van der Waals surface area contributed by atoms with Crippen LogP contribution < -0.4 is 9.64 Å². The number of fused-ring (bicyclic) bond motifs is 2. The molecule has 5 rings (SSSR count). The summed E-state index contributed by atoms with van der Waals surface area (Å²) in [5.74, 6) is 0.486. The highest BCUT2D eigenvalue weighted by molar-refractivity contribution is 6.35. The zero-order valence-electron chi connectivity index (χ0n) is 18.6. The van der Waals surface area contributed by atoms with Gasteiger partial charge in [0.25, 0.3) is 0 Å². The Hall–Kier alpha value is -3.71. The molecule has 0 unspecified atom stereocenters. The lowest BCUT2D eigenvalue weighted by Gasteiger charge is -2.35. The molecular weight excluding hydrogens is 455 g/mol. The highest BCUT2D eigenvalue weighted by atomic mass is 35.5. The van der Waals surface area contributed by atoms with Crippen molar-refractivity contribution < 1.29 is 13.9 Å². The van der Waals surface area contributed by atoms with E-state index < -0.39 is 5.82 Å². The maximum Gasteiger partial charge on any atom is 0.246 e. The molecule has 0 bridgehead atoms. The molecule has 4 aromatic rings. The number of aromatic nitrogens is 2. The van der Waals surface area contributed by atoms with Gasteiger partial charge in [-0.25, -0.2) is 14.4 Å². The molecule has 1 aliphatic heterocycles. The van der Waals surface area contributed by atoms with Crippen LogP contribution in [0.1, 0.15) is 0 Å². The van der Waals surface area contributed by atoms with Gasteiger partial charge in [0.1, 0.15) is 23.4 Å². The zero-order valence-corrected chi connectivity index (χ0v) is 19.3. The molecule has 1 fully saturated rings. The van der Waals surface area contributed by atoms with Crippen LogP contribution in [0.25, 0.3) is 32.8 Å². The number of carbonyl (C=O) groups excluding carboxylic acids is 1. The number of methoxy groups -OCH3 is 1. The molecule has 172 valence electrons. The molecule has 1 saturated heterocycles. The molecule has 2 heterocycles. The van der Waals surface area contributed by atoms with Crippen molar-refractivity contribution in [3.05, 3.63) is 72.3 Å². The van der Waals surface area contributed by atoms with Gasteiger partial charge in [-0.15, -0.1) is 0 Å². The predicted octanol–water partition coefficient (Wildman–Crippen LogP) is 5.09. The van der Waals surface area contributed by atoms with Crippen molar-refractivity contribution in [3.63, 3.8) is 0 Å². The first kappa shape index (κ1) is 22.1. The van der Waals surface area contributed by atoms with Crippen molar-refractivity contribution in [2.45, 2.75) is 0 Å².